The van der Waals surface area contributed by atoms with Gasteiger partial charge in [0, 0.05) is 0 Å². The fraction of sp³-hybridized carbons (Fsp3) is 0.385. The van der Waals surface area contributed by atoms with Crippen LogP contribution in [0.4, 0.5) is 0 Å². The molecule has 0 heterocycles. The topological polar surface area (TPSA) is 82.9 Å². The largest absolute Gasteiger partial charge is 0.457 e. The molecule has 0 aliphatic heterocycles. The summed E-state index contributed by atoms with van der Waals surface area (Å²) in [5, 5.41) is 10.3. The highest BCUT2D eigenvalue weighted by Gasteiger charge is 2.43. The average molecular weight is 248 g/mol. The predicted molar refractivity (Wildman–Crippen MR) is 66.0 cm³/mol. The molecule has 5 heteroatoms. The quantitative estimate of drug-likeness (QED) is 0.379. The van der Waals surface area contributed by atoms with E-state index in [9.17, 15) is 9.90 Å². The van der Waals surface area contributed by atoms with Crippen molar-refractivity contribution in [2.24, 2.45) is 0 Å². The summed E-state index contributed by atoms with van der Waals surface area (Å²) in [7, 11) is 0. The van der Waals surface area contributed by atoms with E-state index in [1.165, 1.54) is 6.92 Å². The SMILES string of the molecule is CCOC(=O)C(=[N+]=[N-])C(C)(O)c1ccc(C)cc1. The normalized spacial score (nSPS) is 13.3. The van der Waals surface area contributed by atoms with Crippen LogP contribution in [-0.4, -0.2) is 28.2 Å². The number of hydrogen-bond acceptors (Lipinski definition) is 3. The Bertz CT molecular complexity index is 485. The number of aryl methyl sites for hydroxylation is 1. The number of esters is 1. The van der Waals surface area contributed by atoms with Crippen molar-refractivity contribution in [3.05, 3.63) is 40.9 Å². The number of rotatable bonds is 4. The number of carbonyl (C=O) groups excluding carboxylic acids is 1. The van der Waals surface area contributed by atoms with E-state index in [1.54, 1.807) is 31.2 Å². The maximum absolute atomic E-state index is 11.6. The summed E-state index contributed by atoms with van der Waals surface area (Å²) in [5.74, 6) is -0.842. The standard InChI is InChI=1S/C13H16N2O3/c1-4-18-12(16)11(15-14)13(3,17)10-7-5-9(2)6-8-10/h5-8,17H,4H2,1-3H3. The molecule has 1 unspecified atom stereocenters. The third-order valence-electron chi connectivity index (χ3n) is 2.64. The monoisotopic (exact) mass is 248 g/mol. The number of nitrogens with zero attached hydrogens (tertiary/aromatic N) is 2. The lowest BCUT2D eigenvalue weighted by Gasteiger charge is -2.18. The van der Waals surface area contributed by atoms with Gasteiger partial charge in [-0.15, -0.1) is 0 Å². The Morgan fingerprint density at radius 1 is 1.44 bits per heavy atom. The molecule has 0 bridgehead atoms. The van der Waals surface area contributed by atoms with Gasteiger partial charge >= 0.3 is 11.7 Å². The van der Waals surface area contributed by atoms with Crippen molar-refractivity contribution >= 4 is 11.7 Å². The molecule has 0 amide bonds. The minimum atomic E-state index is -1.70. The molecule has 5 nitrogen and oxygen atoms in total. The molecule has 0 radical (unpaired) electrons. The summed E-state index contributed by atoms with van der Waals surface area (Å²) in [5.41, 5.74) is 8.24. The Balaban J connectivity index is 3.15. The molecule has 1 atom stereocenters. The maximum atomic E-state index is 11.6. The first-order valence-electron chi connectivity index (χ1n) is 5.62. The number of ether oxygens (including phenoxy) is 1. The van der Waals surface area contributed by atoms with Gasteiger partial charge in [0.25, 0.3) is 0 Å². The molecule has 0 aromatic heterocycles. The molecule has 0 aliphatic carbocycles. The van der Waals surface area contributed by atoms with Crippen molar-refractivity contribution in [3.63, 3.8) is 0 Å². The van der Waals surface area contributed by atoms with Gasteiger partial charge in [0.1, 0.15) is 0 Å². The van der Waals surface area contributed by atoms with Gasteiger partial charge in [-0.05, 0) is 26.3 Å². The first kappa shape index (κ1) is 14.1. The van der Waals surface area contributed by atoms with Crippen LogP contribution >= 0.6 is 0 Å². The van der Waals surface area contributed by atoms with Crippen molar-refractivity contribution in [2.75, 3.05) is 6.61 Å². The molecule has 1 aromatic carbocycles. The summed E-state index contributed by atoms with van der Waals surface area (Å²) < 4.78 is 4.74. The van der Waals surface area contributed by atoms with Gasteiger partial charge in [0.2, 0.25) is 0 Å². The van der Waals surface area contributed by atoms with Crippen LogP contribution in [0.15, 0.2) is 24.3 Å². The van der Waals surface area contributed by atoms with E-state index < -0.39 is 17.3 Å². The number of aliphatic hydroxyl groups is 1. The molecule has 0 saturated heterocycles. The zero-order valence-corrected chi connectivity index (χ0v) is 10.7. The fourth-order valence-corrected chi connectivity index (χ4v) is 1.55. The lowest BCUT2D eigenvalue weighted by Crippen LogP contribution is -2.39. The highest BCUT2D eigenvalue weighted by molar-refractivity contribution is 6.36. The first-order chi connectivity index (χ1) is 8.43. The minimum absolute atomic E-state index is 0.141. The van der Waals surface area contributed by atoms with E-state index >= 15 is 0 Å². The van der Waals surface area contributed by atoms with Crippen LogP contribution in [0.2, 0.25) is 0 Å². The fourth-order valence-electron chi connectivity index (χ4n) is 1.55. The zero-order chi connectivity index (χ0) is 13.8. The van der Waals surface area contributed by atoms with Gasteiger partial charge in [0.15, 0.2) is 5.60 Å². The summed E-state index contributed by atoms with van der Waals surface area (Å²) in [6.45, 7) is 5.06. The van der Waals surface area contributed by atoms with E-state index in [2.05, 4.69) is 4.79 Å². The Hall–Kier alpha value is -1.97. The van der Waals surface area contributed by atoms with E-state index in [4.69, 9.17) is 10.3 Å². The molecule has 1 aromatic rings. The first-order valence-corrected chi connectivity index (χ1v) is 5.62. The lowest BCUT2D eigenvalue weighted by atomic mass is 9.90. The summed E-state index contributed by atoms with van der Waals surface area (Å²) >= 11 is 0. The molecule has 18 heavy (non-hydrogen) atoms. The third-order valence-corrected chi connectivity index (χ3v) is 2.64. The van der Waals surface area contributed by atoms with Crippen molar-refractivity contribution in [2.45, 2.75) is 26.4 Å². The van der Waals surface area contributed by atoms with Gasteiger partial charge in [0.05, 0.1) is 6.61 Å². The van der Waals surface area contributed by atoms with E-state index in [-0.39, 0.29) is 6.61 Å². The molecule has 0 spiro atoms. The van der Waals surface area contributed by atoms with Crippen LogP contribution in [0, 0.1) is 6.92 Å². The van der Waals surface area contributed by atoms with E-state index in [0.717, 1.165) is 5.56 Å². The second-order valence-corrected chi connectivity index (χ2v) is 4.11. The molecule has 0 aliphatic rings. The van der Waals surface area contributed by atoms with Crippen molar-refractivity contribution < 1.29 is 19.4 Å². The number of carbonyl (C=O) groups is 1. The molecular weight excluding hydrogens is 232 g/mol. The Labute approximate surface area is 106 Å². The van der Waals surface area contributed by atoms with Crippen LogP contribution in [0.1, 0.15) is 25.0 Å². The highest BCUT2D eigenvalue weighted by Crippen LogP contribution is 2.22. The second kappa shape index (κ2) is 5.58. The maximum Gasteiger partial charge on any atom is 0.420 e. The Morgan fingerprint density at radius 3 is 2.44 bits per heavy atom. The Morgan fingerprint density at radius 2 is 2.00 bits per heavy atom. The summed E-state index contributed by atoms with van der Waals surface area (Å²) in [4.78, 5) is 14.5. The van der Waals surface area contributed by atoms with Crippen LogP contribution < -0.4 is 0 Å². The van der Waals surface area contributed by atoms with Crippen molar-refractivity contribution in [1.82, 2.24) is 0 Å². The summed E-state index contributed by atoms with van der Waals surface area (Å²) in [6.07, 6.45) is 0. The third kappa shape index (κ3) is 2.83. The van der Waals surface area contributed by atoms with Gasteiger partial charge in [-0.2, -0.15) is 4.79 Å². The minimum Gasteiger partial charge on any atom is -0.457 e. The van der Waals surface area contributed by atoms with Crippen molar-refractivity contribution in [3.8, 4) is 0 Å². The smallest absolute Gasteiger partial charge is 0.420 e. The van der Waals surface area contributed by atoms with E-state index in [0.29, 0.717) is 5.56 Å². The molecule has 1 rings (SSSR count). The lowest BCUT2D eigenvalue weighted by molar-refractivity contribution is -0.143. The molecule has 96 valence electrons. The average Bonchev–Trinajstić information content (AvgIpc) is 2.30. The number of benzene rings is 1. The number of hydrogen-bond donors (Lipinski definition) is 1. The van der Waals surface area contributed by atoms with Gasteiger partial charge in [-0.3, -0.25) is 0 Å². The van der Waals surface area contributed by atoms with Crippen LogP contribution in [0.25, 0.3) is 5.53 Å². The van der Waals surface area contributed by atoms with Crippen molar-refractivity contribution in [1.29, 1.82) is 0 Å². The molecule has 1 N–H and O–H groups in total. The van der Waals surface area contributed by atoms with Gasteiger partial charge in [-0.25, -0.2) is 4.79 Å². The second-order valence-electron chi connectivity index (χ2n) is 4.11. The Kier molecular flexibility index (Phi) is 4.37. The zero-order valence-electron chi connectivity index (χ0n) is 10.7. The van der Waals surface area contributed by atoms with Crippen LogP contribution in [-0.2, 0) is 15.1 Å². The van der Waals surface area contributed by atoms with Gasteiger partial charge < -0.3 is 15.4 Å². The molecule has 0 saturated carbocycles. The molecule has 0 fully saturated rings. The molecular formula is C13H16N2O3. The van der Waals surface area contributed by atoms with Crippen LogP contribution in [0.3, 0.4) is 0 Å². The van der Waals surface area contributed by atoms with Gasteiger partial charge in [-0.1, -0.05) is 29.8 Å². The highest BCUT2D eigenvalue weighted by atomic mass is 16.5. The summed E-state index contributed by atoms with van der Waals surface area (Å²) in [6, 6.07) is 6.92. The predicted octanol–water partition coefficient (Wildman–Crippen LogP) is 1.44. The van der Waals surface area contributed by atoms with Crippen LogP contribution in [0.5, 0.6) is 0 Å². The van der Waals surface area contributed by atoms with E-state index in [1.807, 2.05) is 6.92 Å².